The third-order valence-corrected chi connectivity index (χ3v) is 4.95. The normalized spacial score (nSPS) is 19.2. The van der Waals surface area contributed by atoms with Crippen LogP contribution in [0, 0.1) is 5.92 Å². The largest absolute Gasteiger partial charge is 0.480 e. The summed E-state index contributed by atoms with van der Waals surface area (Å²) in [7, 11) is 0. The molecule has 0 aromatic heterocycles. The molecule has 0 aliphatic carbocycles. The van der Waals surface area contributed by atoms with Gasteiger partial charge in [-0.2, -0.15) is 5.10 Å². The predicted molar refractivity (Wildman–Crippen MR) is 115 cm³/mol. The van der Waals surface area contributed by atoms with Gasteiger partial charge in [-0.1, -0.05) is 62.0 Å². The van der Waals surface area contributed by atoms with Crippen molar-refractivity contribution in [2.45, 2.75) is 38.0 Å². The second kappa shape index (κ2) is 11.2. The third-order valence-electron chi connectivity index (χ3n) is 3.88. The molecule has 0 saturated carbocycles. The van der Waals surface area contributed by atoms with E-state index in [1.165, 1.54) is 6.21 Å². The Morgan fingerprint density at radius 2 is 2.03 bits per heavy atom. The summed E-state index contributed by atoms with van der Waals surface area (Å²) in [6.45, 7) is 3.75. The van der Waals surface area contributed by atoms with Crippen LogP contribution in [0.25, 0.3) is 6.08 Å². The molecule has 1 saturated heterocycles. The van der Waals surface area contributed by atoms with Crippen LogP contribution in [0.15, 0.2) is 46.6 Å². The van der Waals surface area contributed by atoms with Gasteiger partial charge in [0, 0.05) is 12.6 Å². The number of thioether (sulfide) groups is 1. The number of nitrogens with one attached hydrogen (secondary N) is 2. The van der Waals surface area contributed by atoms with E-state index >= 15 is 0 Å². The van der Waals surface area contributed by atoms with Gasteiger partial charge < -0.3 is 15.7 Å². The predicted octanol–water partition coefficient (Wildman–Crippen LogP) is 2.28. The van der Waals surface area contributed by atoms with Crippen LogP contribution < -0.4 is 10.6 Å². The lowest BCUT2D eigenvalue weighted by Crippen LogP contribution is -2.43. The van der Waals surface area contributed by atoms with Crippen molar-refractivity contribution in [3.63, 3.8) is 0 Å². The van der Waals surface area contributed by atoms with Crippen molar-refractivity contribution >= 4 is 47.0 Å². The van der Waals surface area contributed by atoms with Crippen LogP contribution in [0.4, 0.5) is 0 Å². The zero-order valence-electron chi connectivity index (χ0n) is 16.2. The van der Waals surface area contributed by atoms with E-state index in [4.69, 9.17) is 0 Å². The van der Waals surface area contributed by atoms with Crippen molar-refractivity contribution < 1.29 is 19.5 Å². The minimum Gasteiger partial charge on any atom is -0.480 e. The molecule has 154 valence electrons. The first-order valence-electron chi connectivity index (χ1n) is 9.17. The van der Waals surface area contributed by atoms with Gasteiger partial charge in [0.2, 0.25) is 11.8 Å². The molecule has 0 bridgehead atoms. The molecule has 1 aliphatic heterocycles. The number of rotatable bonds is 9. The van der Waals surface area contributed by atoms with Crippen LogP contribution in [0.1, 0.15) is 32.3 Å². The topological polar surface area (TPSA) is 120 Å². The lowest BCUT2D eigenvalue weighted by atomic mass is 10.0. The fourth-order valence-electron chi connectivity index (χ4n) is 2.54. The van der Waals surface area contributed by atoms with Crippen molar-refractivity contribution in [3.8, 4) is 0 Å². The first kappa shape index (κ1) is 22.4. The standard InChI is InChI=1S/C20H24N4O4S/c1-13(2)11-15(19(27)28)22-17(25)12-16-18(26)23-20(29-16)24-21-10-6-9-14-7-4-3-5-8-14/h3-10,13,15-16H,11-12H2,1-2H3,(H,22,25)(H,27,28)(H,23,24,26)/b9-6+,21-10-/t15-,16-/m0/s1. The van der Waals surface area contributed by atoms with E-state index in [-0.39, 0.29) is 18.2 Å². The summed E-state index contributed by atoms with van der Waals surface area (Å²) in [5, 5.41) is 21.7. The summed E-state index contributed by atoms with van der Waals surface area (Å²) in [6.07, 6.45) is 5.29. The number of carboxylic acids is 1. The zero-order chi connectivity index (χ0) is 21.2. The van der Waals surface area contributed by atoms with Crippen molar-refractivity contribution in [1.82, 2.24) is 10.6 Å². The van der Waals surface area contributed by atoms with Gasteiger partial charge in [-0.15, -0.1) is 5.10 Å². The highest BCUT2D eigenvalue weighted by Crippen LogP contribution is 2.22. The minimum absolute atomic E-state index is 0.119. The van der Waals surface area contributed by atoms with Crippen LogP contribution >= 0.6 is 11.8 Å². The van der Waals surface area contributed by atoms with Crippen LogP contribution in [-0.2, 0) is 14.4 Å². The van der Waals surface area contributed by atoms with E-state index in [9.17, 15) is 19.5 Å². The molecule has 2 rings (SSSR count). The van der Waals surface area contributed by atoms with E-state index in [1.54, 1.807) is 6.08 Å². The molecule has 0 unspecified atom stereocenters. The Morgan fingerprint density at radius 3 is 2.69 bits per heavy atom. The van der Waals surface area contributed by atoms with Crippen LogP contribution in [0.5, 0.6) is 0 Å². The summed E-state index contributed by atoms with van der Waals surface area (Å²) in [4.78, 5) is 35.4. The molecule has 2 atom stereocenters. The zero-order valence-corrected chi connectivity index (χ0v) is 17.1. The summed E-state index contributed by atoms with van der Waals surface area (Å²) < 4.78 is 0. The van der Waals surface area contributed by atoms with E-state index in [0.29, 0.717) is 11.6 Å². The minimum atomic E-state index is -1.09. The average molecular weight is 417 g/mol. The summed E-state index contributed by atoms with van der Waals surface area (Å²) in [5.74, 6) is -1.81. The number of benzene rings is 1. The van der Waals surface area contributed by atoms with Gasteiger partial charge in [0.1, 0.15) is 11.3 Å². The summed E-state index contributed by atoms with van der Waals surface area (Å²) >= 11 is 1.09. The van der Waals surface area contributed by atoms with Crippen molar-refractivity contribution in [1.29, 1.82) is 0 Å². The van der Waals surface area contributed by atoms with Gasteiger partial charge >= 0.3 is 5.97 Å². The Morgan fingerprint density at radius 1 is 1.31 bits per heavy atom. The molecule has 1 fully saturated rings. The fourth-order valence-corrected chi connectivity index (χ4v) is 3.47. The lowest BCUT2D eigenvalue weighted by Gasteiger charge is -2.17. The van der Waals surface area contributed by atoms with E-state index in [1.807, 2.05) is 50.3 Å². The molecule has 1 aromatic carbocycles. The monoisotopic (exact) mass is 416 g/mol. The molecule has 9 heteroatoms. The van der Waals surface area contributed by atoms with Crippen LogP contribution in [0.3, 0.4) is 0 Å². The maximum atomic E-state index is 12.1. The Hall–Kier alpha value is -2.94. The van der Waals surface area contributed by atoms with Crippen LogP contribution in [0.2, 0.25) is 0 Å². The summed E-state index contributed by atoms with van der Waals surface area (Å²) in [5.41, 5.74) is 1.03. The number of hydrogen-bond acceptors (Lipinski definition) is 6. The molecule has 8 nitrogen and oxygen atoms in total. The average Bonchev–Trinajstić information content (AvgIpc) is 3.00. The van der Waals surface area contributed by atoms with E-state index < -0.39 is 23.2 Å². The fraction of sp³-hybridized carbons (Fsp3) is 0.350. The molecule has 0 radical (unpaired) electrons. The Bertz CT molecular complexity index is 821. The number of hydrogen-bond donors (Lipinski definition) is 3. The van der Waals surface area contributed by atoms with Gasteiger partial charge in [-0.25, -0.2) is 4.79 Å². The molecular formula is C20H24N4O4S. The number of allylic oxidation sites excluding steroid dienone is 1. The number of aliphatic carboxylic acids is 1. The number of carboxylic acid groups (broad SMARTS) is 1. The second-order valence-corrected chi connectivity index (χ2v) is 8.02. The van der Waals surface area contributed by atoms with Crippen molar-refractivity contribution in [2.24, 2.45) is 16.1 Å². The number of amides is 2. The maximum Gasteiger partial charge on any atom is 0.326 e. The molecule has 3 N–H and O–H groups in total. The van der Waals surface area contributed by atoms with E-state index in [0.717, 1.165) is 17.3 Å². The van der Waals surface area contributed by atoms with Gasteiger partial charge in [0.25, 0.3) is 0 Å². The molecule has 1 aromatic rings. The Kier molecular flexibility index (Phi) is 8.60. The molecule has 1 aliphatic rings. The van der Waals surface area contributed by atoms with Gasteiger partial charge in [-0.05, 0) is 24.0 Å². The Labute approximate surface area is 173 Å². The van der Waals surface area contributed by atoms with E-state index in [2.05, 4.69) is 20.8 Å². The maximum absolute atomic E-state index is 12.1. The number of amidine groups is 1. The summed E-state index contributed by atoms with van der Waals surface area (Å²) in [6, 6.07) is 8.73. The molecule has 1 heterocycles. The van der Waals surface area contributed by atoms with Crippen molar-refractivity contribution in [3.05, 3.63) is 42.0 Å². The Balaban J connectivity index is 1.85. The molecular weight excluding hydrogens is 392 g/mol. The lowest BCUT2D eigenvalue weighted by molar-refractivity contribution is -0.142. The molecule has 29 heavy (non-hydrogen) atoms. The second-order valence-electron chi connectivity index (χ2n) is 6.83. The third kappa shape index (κ3) is 7.90. The van der Waals surface area contributed by atoms with Gasteiger partial charge in [0.05, 0.1) is 0 Å². The van der Waals surface area contributed by atoms with Crippen molar-refractivity contribution in [2.75, 3.05) is 0 Å². The molecule has 0 spiro atoms. The number of carbonyl (C=O) groups excluding carboxylic acids is 2. The smallest absolute Gasteiger partial charge is 0.326 e. The number of carbonyl (C=O) groups is 3. The van der Waals surface area contributed by atoms with Crippen LogP contribution in [-0.4, -0.2) is 45.6 Å². The molecule has 2 amide bonds. The number of nitrogens with zero attached hydrogens (tertiary/aromatic N) is 2. The highest BCUT2D eigenvalue weighted by atomic mass is 32.2. The van der Waals surface area contributed by atoms with Gasteiger partial charge in [-0.3, -0.25) is 9.59 Å². The first-order chi connectivity index (χ1) is 13.8. The van der Waals surface area contributed by atoms with Gasteiger partial charge in [0.15, 0.2) is 5.17 Å². The first-order valence-corrected chi connectivity index (χ1v) is 10.1. The highest BCUT2D eigenvalue weighted by Gasteiger charge is 2.33. The quantitative estimate of drug-likeness (QED) is 0.421. The SMILES string of the molecule is CC(C)C[C@H](NC(=O)C[C@@H]1S\C(=N/N=C\C=C\c2ccccc2)NC1=O)C(=O)O. The highest BCUT2D eigenvalue weighted by molar-refractivity contribution is 8.15.